The van der Waals surface area contributed by atoms with Crippen LogP contribution in [-0.2, 0) is 6.54 Å². The van der Waals surface area contributed by atoms with Gasteiger partial charge in [-0.2, -0.15) is 0 Å². The molecular weight excluding hydrogens is 257 g/mol. The summed E-state index contributed by atoms with van der Waals surface area (Å²) in [5, 5.41) is 13.3. The van der Waals surface area contributed by atoms with Crippen molar-refractivity contribution in [3.63, 3.8) is 0 Å². The number of ether oxygens (including phenoxy) is 1. The molecule has 0 radical (unpaired) electrons. The van der Waals surface area contributed by atoms with Gasteiger partial charge in [0.1, 0.15) is 17.7 Å². The van der Waals surface area contributed by atoms with Crippen molar-refractivity contribution in [2.24, 2.45) is 0 Å². The summed E-state index contributed by atoms with van der Waals surface area (Å²) in [4.78, 5) is 0. The molecule has 4 heteroatoms. The summed E-state index contributed by atoms with van der Waals surface area (Å²) in [5.74, 6) is 0.254. The van der Waals surface area contributed by atoms with Crippen LogP contribution < -0.4 is 10.1 Å². The molecule has 0 heterocycles. The highest BCUT2D eigenvalue weighted by atomic mass is 19.1. The number of hydrogen-bond donors (Lipinski definition) is 2. The molecule has 2 unspecified atom stereocenters. The number of benzene rings is 1. The van der Waals surface area contributed by atoms with E-state index in [0.29, 0.717) is 18.3 Å². The number of hydrogen-bond acceptors (Lipinski definition) is 3. The van der Waals surface area contributed by atoms with Gasteiger partial charge in [0, 0.05) is 18.7 Å². The van der Waals surface area contributed by atoms with Crippen molar-refractivity contribution >= 4 is 0 Å². The van der Waals surface area contributed by atoms with Gasteiger partial charge < -0.3 is 15.2 Å². The highest BCUT2D eigenvalue weighted by molar-refractivity contribution is 5.30. The van der Waals surface area contributed by atoms with Gasteiger partial charge in [0.2, 0.25) is 0 Å². The first-order chi connectivity index (χ1) is 9.70. The number of halogens is 1. The second kappa shape index (κ2) is 6.10. The van der Waals surface area contributed by atoms with Crippen LogP contribution in [-0.4, -0.2) is 23.4 Å². The van der Waals surface area contributed by atoms with Gasteiger partial charge in [0.05, 0.1) is 6.10 Å². The van der Waals surface area contributed by atoms with E-state index in [2.05, 4.69) is 5.32 Å². The van der Waals surface area contributed by atoms with Crippen molar-refractivity contribution in [1.82, 2.24) is 5.32 Å². The van der Waals surface area contributed by atoms with Crippen molar-refractivity contribution in [2.45, 2.75) is 63.3 Å². The zero-order valence-electron chi connectivity index (χ0n) is 11.6. The van der Waals surface area contributed by atoms with Crippen LogP contribution in [0.4, 0.5) is 4.39 Å². The van der Waals surface area contributed by atoms with Gasteiger partial charge in [0.15, 0.2) is 0 Å². The smallest absolute Gasteiger partial charge is 0.127 e. The van der Waals surface area contributed by atoms with E-state index in [4.69, 9.17) is 4.74 Å². The highest BCUT2D eigenvalue weighted by Gasteiger charge is 2.25. The minimum Gasteiger partial charge on any atom is -0.488 e. The van der Waals surface area contributed by atoms with Gasteiger partial charge in [-0.05, 0) is 49.8 Å². The summed E-state index contributed by atoms with van der Waals surface area (Å²) in [6.07, 6.45) is 5.52. The molecule has 0 aromatic heterocycles. The standard InChI is InChI=1S/C16H22FNO2/c17-12-7-11(10-18-13-5-6-13)8-14(9-12)20-16-4-2-1-3-15(16)19/h7-9,13,15-16,18-19H,1-6,10H2. The minimum atomic E-state index is -0.431. The SMILES string of the molecule is OC1CCCCC1Oc1cc(F)cc(CNC2CC2)c1. The van der Waals surface area contributed by atoms with E-state index in [0.717, 1.165) is 31.2 Å². The Morgan fingerprint density at radius 2 is 1.95 bits per heavy atom. The molecule has 2 aliphatic rings. The molecule has 2 fully saturated rings. The number of nitrogens with one attached hydrogen (secondary N) is 1. The zero-order valence-corrected chi connectivity index (χ0v) is 11.6. The second-order valence-corrected chi connectivity index (χ2v) is 5.96. The van der Waals surface area contributed by atoms with Gasteiger partial charge in [-0.3, -0.25) is 0 Å². The molecule has 1 aromatic carbocycles. The van der Waals surface area contributed by atoms with E-state index in [-0.39, 0.29) is 11.9 Å². The fourth-order valence-corrected chi connectivity index (χ4v) is 2.73. The molecule has 0 saturated heterocycles. The van der Waals surface area contributed by atoms with E-state index in [9.17, 15) is 9.50 Å². The van der Waals surface area contributed by atoms with Crippen molar-refractivity contribution in [2.75, 3.05) is 0 Å². The van der Waals surface area contributed by atoms with Crippen molar-refractivity contribution < 1.29 is 14.2 Å². The molecule has 2 atom stereocenters. The predicted octanol–water partition coefficient (Wildman–Crippen LogP) is 2.76. The number of aliphatic hydroxyl groups excluding tert-OH is 1. The highest BCUT2D eigenvalue weighted by Crippen LogP contribution is 2.26. The van der Waals surface area contributed by atoms with E-state index in [1.54, 1.807) is 6.07 Å². The van der Waals surface area contributed by atoms with Gasteiger partial charge in [0.25, 0.3) is 0 Å². The van der Waals surface area contributed by atoms with Gasteiger partial charge >= 0.3 is 0 Å². The molecule has 110 valence electrons. The molecule has 0 bridgehead atoms. The maximum Gasteiger partial charge on any atom is 0.127 e. The monoisotopic (exact) mass is 279 g/mol. The average molecular weight is 279 g/mol. The Balaban J connectivity index is 1.64. The van der Waals surface area contributed by atoms with Crippen LogP contribution in [0.15, 0.2) is 18.2 Å². The third kappa shape index (κ3) is 3.70. The Bertz CT molecular complexity index is 462. The normalized spacial score (nSPS) is 26.5. The summed E-state index contributed by atoms with van der Waals surface area (Å²) in [7, 11) is 0. The van der Waals surface area contributed by atoms with Crippen LogP contribution in [0.1, 0.15) is 44.1 Å². The molecule has 2 saturated carbocycles. The molecule has 1 aromatic rings. The molecule has 0 spiro atoms. The lowest BCUT2D eigenvalue weighted by molar-refractivity contribution is 0.00668. The number of aliphatic hydroxyl groups is 1. The summed E-state index contributed by atoms with van der Waals surface area (Å²) >= 11 is 0. The third-order valence-electron chi connectivity index (χ3n) is 4.06. The largest absolute Gasteiger partial charge is 0.488 e. The van der Waals surface area contributed by atoms with Crippen LogP contribution in [0.2, 0.25) is 0 Å². The Labute approximate surface area is 119 Å². The average Bonchev–Trinajstić information content (AvgIpc) is 3.23. The molecule has 3 nitrogen and oxygen atoms in total. The fourth-order valence-electron chi connectivity index (χ4n) is 2.73. The minimum absolute atomic E-state index is 0.199. The van der Waals surface area contributed by atoms with Gasteiger partial charge in [-0.25, -0.2) is 4.39 Å². The molecule has 3 rings (SSSR count). The molecule has 2 N–H and O–H groups in total. The Morgan fingerprint density at radius 3 is 2.70 bits per heavy atom. The first kappa shape index (κ1) is 13.8. The Kier molecular flexibility index (Phi) is 4.22. The van der Waals surface area contributed by atoms with Gasteiger partial charge in [-0.1, -0.05) is 6.42 Å². The van der Waals surface area contributed by atoms with E-state index < -0.39 is 6.10 Å². The Hall–Kier alpha value is -1.13. The van der Waals surface area contributed by atoms with Crippen molar-refractivity contribution in [1.29, 1.82) is 0 Å². The molecule has 2 aliphatic carbocycles. The van der Waals surface area contributed by atoms with Crippen molar-refractivity contribution in [3.8, 4) is 5.75 Å². The number of rotatable bonds is 5. The third-order valence-corrected chi connectivity index (χ3v) is 4.06. The fraction of sp³-hybridized carbons (Fsp3) is 0.625. The summed E-state index contributed by atoms with van der Waals surface area (Å²) < 4.78 is 19.4. The molecule has 20 heavy (non-hydrogen) atoms. The van der Waals surface area contributed by atoms with Crippen LogP contribution in [0.25, 0.3) is 0 Å². The zero-order chi connectivity index (χ0) is 13.9. The van der Waals surface area contributed by atoms with Gasteiger partial charge in [-0.15, -0.1) is 0 Å². The summed E-state index contributed by atoms with van der Waals surface area (Å²) in [5.41, 5.74) is 0.900. The maximum absolute atomic E-state index is 13.6. The topological polar surface area (TPSA) is 41.5 Å². The first-order valence-electron chi connectivity index (χ1n) is 7.58. The van der Waals surface area contributed by atoms with E-state index in [1.807, 2.05) is 6.07 Å². The lowest BCUT2D eigenvalue weighted by Crippen LogP contribution is -2.34. The predicted molar refractivity (Wildman–Crippen MR) is 75.2 cm³/mol. The molecule has 0 aliphatic heterocycles. The van der Waals surface area contributed by atoms with Crippen LogP contribution in [0, 0.1) is 5.82 Å². The van der Waals surface area contributed by atoms with Crippen LogP contribution in [0.5, 0.6) is 5.75 Å². The summed E-state index contributed by atoms with van der Waals surface area (Å²) in [6, 6.07) is 5.42. The van der Waals surface area contributed by atoms with Crippen LogP contribution in [0.3, 0.4) is 0 Å². The quantitative estimate of drug-likeness (QED) is 0.871. The maximum atomic E-state index is 13.6. The molecular formula is C16H22FNO2. The first-order valence-corrected chi connectivity index (χ1v) is 7.58. The second-order valence-electron chi connectivity index (χ2n) is 5.96. The Morgan fingerprint density at radius 1 is 1.15 bits per heavy atom. The van der Waals surface area contributed by atoms with E-state index >= 15 is 0 Å². The lowest BCUT2D eigenvalue weighted by Gasteiger charge is -2.28. The van der Waals surface area contributed by atoms with E-state index in [1.165, 1.54) is 18.9 Å². The lowest BCUT2D eigenvalue weighted by atomic mass is 9.95. The van der Waals surface area contributed by atoms with Crippen LogP contribution >= 0.6 is 0 Å². The van der Waals surface area contributed by atoms with Crippen molar-refractivity contribution in [3.05, 3.63) is 29.6 Å². The summed E-state index contributed by atoms with van der Waals surface area (Å²) in [6.45, 7) is 0.673. The molecule has 0 amide bonds.